The minimum Gasteiger partial charge on any atom is -0.511 e. The average Bonchev–Trinajstić information content (AvgIpc) is 1.79. The maximum Gasteiger partial charge on any atom is 0.105 e. The Morgan fingerprint density at radius 3 is 1.57 bits per heavy atom. The van der Waals surface area contributed by atoms with Gasteiger partial charge in [0.1, 0.15) is 5.76 Å². The van der Waals surface area contributed by atoms with Crippen LogP contribution in [0.1, 0.15) is 48.0 Å². The lowest BCUT2D eigenvalue weighted by Gasteiger charge is -2.44. The Balaban J connectivity index is 5.04. The third kappa shape index (κ3) is 3.02. The Hall–Kier alpha value is -0.500. The minimum atomic E-state index is -0.717. The van der Waals surface area contributed by atoms with Gasteiger partial charge < -0.3 is 10.8 Å². The lowest BCUT2D eigenvalue weighted by Crippen LogP contribution is -2.54. The van der Waals surface area contributed by atoms with Crippen molar-refractivity contribution in [1.82, 2.24) is 0 Å². The third-order valence-corrected chi connectivity index (χ3v) is 2.66. The summed E-state index contributed by atoms with van der Waals surface area (Å²) in [4.78, 5) is 0. The molecule has 14 heavy (non-hydrogen) atoms. The second-order valence-electron chi connectivity index (χ2n) is 6.41. The summed E-state index contributed by atoms with van der Waals surface area (Å²) in [6.45, 7) is 16.0. The minimum absolute atomic E-state index is 0.0771. The molecule has 0 fully saturated rings. The molecule has 0 saturated carbocycles. The van der Waals surface area contributed by atoms with Gasteiger partial charge in [-0.25, -0.2) is 0 Å². The third-order valence-electron chi connectivity index (χ3n) is 2.66. The van der Waals surface area contributed by atoms with Gasteiger partial charge in [-0.05, 0) is 17.3 Å². The lowest BCUT2D eigenvalue weighted by molar-refractivity contribution is 0.110. The maximum atomic E-state index is 9.65. The first kappa shape index (κ1) is 13.5. The lowest BCUT2D eigenvalue weighted by atomic mass is 9.66. The van der Waals surface area contributed by atoms with Crippen LogP contribution in [-0.4, -0.2) is 10.6 Å². The van der Waals surface area contributed by atoms with Gasteiger partial charge in [0.15, 0.2) is 0 Å². The zero-order chi connectivity index (χ0) is 11.8. The number of aliphatic hydroxyl groups is 1. The van der Waals surface area contributed by atoms with Gasteiger partial charge >= 0.3 is 0 Å². The summed E-state index contributed by atoms with van der Waals surface area (Å²) in [5.41, 5.74) is 5.43. The number of hydrogen-bond donors (Lipinski definition) is 2. The molecule has 0 aromatic heterocycles. The van der Waals surface area contributed by atoms with E-state index in [0.29, 0.717) is 0 Å². The zero-order valence-electron chi connectivity index (χ0n) is 10.4. The van der Waals surface area contributed by atoms with Crippen molar-refractivity contribution >= 4 is 0 Å². The van der Waals surface area contributed by atoms with E-state index in [1.807, 2.05) is 20.8 Å². The first-order chi connectivity index (χ1) is 5.90. The summed E-state index contributed by atoms with van der Waals surface area (Å²) in [5.74, 6) is 0.0833. The molecule has 0 heterocycles. The molecule has 1 atom stereocenters. The summed E-state index contributed by atoms with van der Waals surface area (Å²) in [7, 11) is 0. The van der Waals surface area contributed by atoms with Crippen molar-refractivity contribution in [3.05, 3.63) is 12.3 Å². The van der Waals surface area contributed by atoms with Crippen LogP contribution < -0.4 is 5.73 Å². The smallest absolute Gasteiger partial charge is 0.105 e. The van der Waals surface area contributed by atoms with Crippen molar-refractivity contribution < 1.29 is 5.11 Å². The number of nitrogens with two attached hydrogens (primary N) is 1. The molecule has 0 amide bonds. The van der Waals surface area contributed by atoms with E-state index in [-0.39, 0.29) is 16.6 Å². The molecule has 0 aliphatic heterocycles. The summed E-state index contributed by atoms with van der Waals surface area (Å²) >= 11 is 0. The first-order valence-corrected chi connectivity index (χ1v) is 5.07. The Labute approximate surface area is 88.2 Å². The Kier molecular flexibility index (Phi) is 3.45. The fourth-order valence-electron chi connectivity index (χ4n) is 1.64. The van der Waals surface area contributed by atoms with Crippen molar-refractivity contribution in [2.45, 2.75) is 53.5 Å². The largest absolute Gasteiger partial charge is 0.511 e. The molecule has 0 bridgehead atoms. The highest BCUT2D eigenvalue weighted by atomic mass is 16.3. The number of aliphatic hydroxyl groups excluding tert-OH is 1. The van der Waals surface area contributed by atoms with Gasteiger partial charge in [0, 0.05) is 0 Å². The molecule has 2 heteroatoms. The van der Waals surface area contributed by atoms with Crippen molar-refractivity contribution in [3.8, 4) is 0 Å². The second-order valence-corrected chi connectivity index (χ2v) is 6.41. The SMILES string of the molecule is C=C(O)C(N)(CC(C)(C)C)C(C)(C)C. The van der Waals surface area contributed by atoms with Crippen LogP contribution in [0.15, 0.2) is 12.3 Å². The van der Waals surface area contributed by atoms with E-state index >= 15 is 0 Å². The normalized spacial score (nSPS) is 17.6. The van der Waals surface area contributed by atoms with Gasteiger partial charge in [-0.3, -0.25) is 0 Å². The van der Waals surface area contributed by atoms with E-state index in [1.165, 1.54) is 0 Å². The highest BCUT2D eigenvalue weighted by Gasteiger charge is 2.43. The van der Waals surface area contributed by atoms with Crippen molar-refractivity contribution in [3.63, 3.8) is 0 Å². The van der Waals surface area contributed by atoms with E-state index in [4.69, 9.17) is 5.73 Å². The van der Waals surface area contributed by atoms with E-state index in [9.17, 15) is 5.11 Å². The predicted octanol–water partition coefficient (Wildman–Crippen LogP) is 3.24. The molecule has 3 N–H and O–H groups in total. The van der Waals surface area contributed by atoms with Gasteiger partial charge in [0.05, 0.1) is 5.54 Å². The molecule has 0 aromatic carbocycles. The molecule has 0 aliphatic rings. The van der Waals surface area contributed by atoms with Gasteiger partial charge in [0.25, 0.3) is 0 Å². The Bertz CT molecular complexity index is 219. The van der Waals surface area contributed by atoms with Crippen molar-refractivity contribution in [2.24, 2.45) is 16.6 Å². The van der Waals surface area contributed by atoms with Gasteiger partial charge in [-0.2, -0.15) is 0 Å². The number of hydrogen-bond acceptors (Lipinski definition) is 2. The first-order valence-electron chi connectivity index (χ1n) is 5.07. The quantitative estimate of drug-likeness (QED) is 0.671. The van der Waals surface area contributed by atoms with Crippen LogP contribution in [0.4, 0.5) is 0 Å². The molecular weight excluding hydrogens is 174 g/mol. The van der Waals surface area contributed by atoms with Crippen LogP contribution in [0.3, 0.4) is 0 Å². The van der Waals surface area contributed by atoms with Crippen LogP contribution in [-0.2, 0) is 0 Å². The molecule has 0 saturated heterocycles. The van der Waals surface area contributed by atoms with E-state index in [1.54, 1.807) is 0 Å². The second kappa shape index (κ2) is 3.58. The predicted molar refractivity (Wildman–Crippen MR) is 62.2 cm³/mol. The molecule has 0 rings (SSSR count). The maximum absolute atomic E-state index is 9.65. The highest BCUT2D eigenvalue weighted by Crippen LogP contribution is 2.40. The summed E-state index contributed by atoms with van der Waals surface area (Å²) in [6, 6.07) is 0. The molecule has 84 valence electrons. The highest BCUT2D eigenvalue weighted by molar-refractivity contribution is 5.14. The molecular formula is C12H25NO. The fraction of sp³-hybridized carbons (Fsp3) is 0.833. The van der Waals surface area contributed by atoms with Crippen molar-refractivity contribution in [1.29, 1.82) is 0 Å². The van der Waals surface area contributed by atoms with Crippen LogP contribution in [0.5, 0.6) is 0 Å². The van der Waals surface area contributed by atoms with Crippen LogP contribution in [0.25, 0.3) is 0 Å². The van der Waals surface area contributed by atoms with Gasteiger partial charge in [-0.15, -0.1) is 0 Å². The Morgan fingerprint density at radius 1 is 1.14 bits per heavy atom. The summed E-state index contributed by atoms with van der Waals surface area (Å²) in [6.07, 6.45) is 0.721. The van der Waals surface area contributed by atoms with Crippen LogP contribution in [0.2, 0.25) is 0 Å². The Morgan fingerprint density at radius 2 is 1.50 bits per heavy atom. The summed E-state index contributed by atoms with van der Waals surface area (Å²) < 4.78 is 0. The molecule has 1 unspecified atom stereocenters. The van der Waals surface area contributed by atoms with Gasteiger partial charge in [0.2, 0.25) is 0 Å². The summed E-state index contributed by atoms with van der Waals surface area (Å²) in [5, 5.41) is 9.65. The van der Waals surface area contributed by atoms with Crippen LogP contribution >= 0.6 is 0 Å². The van der Waals surface area contributed by atoms with E-state index in [2.05, 4.69) is 27.4 Å². The molecule has 0 aromatic rings. The van der Waals surface area contributed by atoms with E-state index < -0.39 is 5.54 Å². The molecule has 0 aliphatic carbocycles. The monoisotopic (exact) mass is 199 g/mol. The number of rotatable bonds is 2. The van der Waals surface area contributed by atoms with Crippen LogP contribution in [0, 0.1) is 10.8 Å². The average molecular weight is 199 g/mol. The fourth-order valence-corrected chi connectivity index (χ4v) is 1.64. The van der Waals surface area contributed by atoms with Crippen molar-refractivity contribution in [2.75, 3.05) is 0 Å². The van der Waals surface area contributed by atoms with Gasteiger partial charge in [-0.1, -0.05) is 48.1 Å². The molecule has 2 nitrogen and oxygen atoms in total. The molecule has 0 radical (unpaired) electrons. The van der Waals surface area contributed by atoms with E-state index in [0.717, 1.165) is 6.42 Å². The molecule has 0 spiro atoms. The zero-order valence-corrected chi connectivity index (χ0v) is 10.4. The topological polar surface area (TPSA) is 46.2 Å². The standard InChI is InChI=1S/C12H25NO/c1-9(14)12(13,11(5,6)7)8-10(2,3)4/h14H,1,8,13H2,2-7H3.